The summed E-state index contributed by atoms with van der Waals surface area (Å²) in [5.41, 5.74) is 4.98. The molecule has 0 aliphatic carbocycles. The minimum absolute atomic E-state index is 0.0536. The molecule has 4 aromatic rings. The predicted octanol–water partition coefficient (Wildman–Crippen LogP) is 5.29. The van der Waals surface area contributed by atoms with Crippen LogP contribution in [-0.4, -0.2) is 29.4 Å². The number of hydrogen-bond acceptors (Lipinski definition) is 4. The van der Waals surface area contributed by atoms with E-state index in [2.05, 4.69) is 12.1 Å². The summed E-state index contributed by atoms with van der Waals surface area (Å²) >= 11 is 0. The molecule has 0 aliphatic heterocycles. The number of aliphatic carboxylic acids is 1. The van der Waals surface area contributed by atoms with E-state index >= 15 is 0 Å². The zero-order chi connectivity index (χ0) is 24.6. The molecule has 35 heavy (non-hydrogen) atoms. The molecule has 0 saturated carbocycles. The van der Waals surface area contributed by atoms with Gasteiger partial charge in [0.05, 0.1) is 7.11 Å². The maximum Gasteiger partial charge on any atom is 0.341 e. The van der Waals surface area contributed by atoms with Gasteiger partial charge in [-0.05, 0) is 59.4 Å². The van der Waals surface area contributed by atoms with Crippen molar-refractivity contribution in [1.29, 1.82) is 0 Å². The predicted molar refractivity (Wildman–Crippen MR) is 136 cm³/mol. The largest absolute Gasteiger partial charge is 0.496 e. The summed E-state index contributed by atoms with van der Waals surface area (Å²) in [6.07, 6.45) is 3.39. The molecule has 0 fully saturated rings. The molecular formula is C29H27NO5. The fraction of sp³-hybridized carbons (Fsp3) is 0.172. The Kier molecular flexibility index (Phi) is 7.63. The third kappa shape index (κ3) is 5.98. The first-order valence-electron chi connectivity index (χ1n) is 11.4. The highest BCUT2D eigenvalue weighted by atomic mass is 16.5. The average molecular weight is 470 g/mol. The van der Waals surface area contributed by atoms with E-state index in [-0.39, 0.29) is 12.2 Å². The van der Waals surface area contributed by atoms with Gasteiger partial charge in [-0.3, -0.25) is 4.79 Å². The van der Waals surface area contributed by atoms with Crippen molar-refractivity contribution in [2.45, 2.75) is 19.4 Å². The molecule has 3 aromatic carbocycles. The second kappa shape index (κ2) is 11.2. The highest BCUT2D eigenvalue weighted by Crippen LogP contribution is 2.36. The normalized spacial score (nSPS) is 10.7. The van der Waals surface area contributed by atoms with E-state index in [1.165, 1.54) is 0 Å². The van der Waals surface area contributed by atoms with Crippen molar-refractivity contribution in [3.8, 4) is 33.8 Å². The molecule has 1 aromatic heterocycles. The maximum absolute atomic E-state index is 12.6. The quantitative estimate of drug-likeness (QED) is 0.342. The van der Waals surface area contributed by atoms with E-state index in [4.69, 9.17) is 14.6 Å². The molecule has 0 radical (unpaired) electrons. The van der Waals surface area contributed by atoms with Crippen LogP contribution in [0.1, 0.15) is 12.0 Å². The summed E-state index contributed by atoms with van der Waals surface area (Å²) in [6, 6.07) is 26.8. The summed E-state index contributed by atoms with van der Waals surface area (Å²) in [6.45, 7) is 0.186. The number of benzene rings is 3. The molecule has 4 rings (SSSR count). The lowest BCUT2D eigenvalue weighted by atomic mass is 9.95. The molecule has 1 heterocycles. The van der Waals surface area contributed by atoms with E-state index in [0.717, 1.165) is 46.4 Å². The summed E-state index contributed by atoms with van der Waals surface area (Å²) in [5.74, 6) is 0.307. The van der Waals surface area contributed by atoms with Crippen molar-refractivity contribution in [2.75, 3.05) is 13.7 Å². The summed E-state index contributed by atoms with van der Waals surface area (Å²) in [7, 11) is 1.66. The number of carboxylic acids is 1. The van der Waals surface area contributed by atoms with Gasteiger partial charge < -0.3 is 19.1 Å². The van der Waals surface area contributed by atoms with E-state index in [1.807, 2.05) is 66.9 Å². The SMILES string of the molecule is COc1ccccc1-c1ccccc1-c1ccc(=O)n(CCCc2cccc(OCC(=O)O)c2)c1. The molecule has 0 atom stereocenters. The number of aromatic nitrogens is 1. The maximum atomic E-state index is 12.6. The fourth-order valence-electron chi connectivity index (χ4n) is 4.09. The molecule has 6 nitrogen and oxygen atoms in total. The highest BCUT2D eigenvalue weighted by Gasteiger charge is 2.12. The van der Waals surface area contributed by atoms with Gasteiger partial charge in [0.1, 0.15) is 11.5 Å². The van der Waals surface area contributed by atoms with Crippen molar-refractivity contribution in [1.82, 2.24) is 4.57 Å². The zero-order valence-electron chi connectivity index (χ0n) is 19.5. The Balaban J connectivity index is 1.53. The van der Waals surface area contributed by atoms with Crippen LogP contribution in [-0.2, 0) is 17.8 Å². The molecule has 0 bridgehead atoms. The number of para-hydroxylation sites is 1. The first kappa shape index (κ1) is 23.8. The highest BCUT2D eigenvalue weighted by molar-refractivity contribution is 5.85. The van der Waals surface area contributed by atoms with Crippen LogP contribution in [0.3, 0.4) is 0 Å². The van der Waals surface area contributed by atoms with Crippen LogP contribution in [0.25, 0.3) is 22.3 Å². The van der Waals surface area contributed by atoms with Crippen LogP contribution in [0.5, 0.6) is 11.5 Å². The summed E-state index contributed by atoms with van der Waals surface area (Å²) in [4.78, 5) is 23.3. The molecule has 6 heteroatoms. The topological polar surface area (TPSA) is 77.8 Å². The van der Waals surface area contributed by atoms with Crippen molar-refractivity contribution < 1.29 is 19.4 Å². The molecule has 0 aliphatic rings. The van der Waals surface area contributed by atoms with Crippen molar-refractivity contribution in [3.05, 3.63) is 107 Å². The Hall–Kier alpha value is -4.32. The number of rotatable bonds is 10. The first-order valence-corrected chi connectivity index (χ1v) is 11.4. The molecule has 0 spiro atoms. The number of ether oxygens (including phenoxy) is 2. The number of pyridine rings is 1. The number of carbonyl (C=O) groups is 1. The number of aryl methyl sites for hydroxylation is 2. The van der Waals surface area contributed by atoms with Crippen molar-refractivity contribution in [3.63, 3.8) is 0 Å². The van der Waals surface area contributed by atoms with Gasteiger partial charge in [-0.2, -0.15) is 0 Å². The average Bonchev–Trinajstić information content (AvgIpc) is 2.89. The van der Waals surface area contributed by atoms with Crippen LogP contribution in [0.2, 0.25) is 0 Å². The van der Waals surface area contributed by atoms with Gasteiger partial charge in [-0.15, -0.1) is 0 Å². The smallest absolute Gasteiger partial charge is 0.341 e. The van der Waals surface area contributed by atoms with E-state index < -0.39 is 5.97 Å². The van der Waals surface area contributed by atoms with Crippen LogP contribution in [0.15, 0.2) is 95.9 Å². The monoisotopic (exact) mass is 469 g/mol. The van der Waals surface area contributed by atoms with Crippen LogP contribution in [0, 0.1) is 0 Å². The zero-order valence-corrected chi connectivity index (χ0v) is 19.5. The van der Waals surface area contributed by atoms with Crippen LogP contribution >= 0.6 is 0 Å². The Morgan fingerprint density at radius 2 is 1.63 bits per heavy atom. The van der Waals surface area contributed by atoms with Crippen molar-refractivity contribution >= 4 is 5.97 Å². The third-order valence-corrected chi connectivity index (χ3v) is 5.74. The Morgan fingerprint density at radius 1 is 0.886 bits per heavy atom. The fourth-order valence-corrected chi connectivity index (χ4v) is 4.09. The van der Waals surface area contributed by atoms with Gasteiger partial charge in [0.15, 0.2) is 6.61 Å². The van der Waals surface area contributed by atoms with Gasteiger partial charge in [0.2, 0.25) is 0 Å². The second-order valence-electron chi connectivity index (χ2n) is 8.13. The molecule has 0 amide bonds. The molecule has 0 unspecified atom stereocenters. The van der Waals surface area contributed by atoms with Gasteiger partial charge in [0, 0.05) is 24.4 Å². The van der Waals surface area contributed by atoms with Gasteiger partial charge in [0.25, 0.3) is 5.56 Å². The summed E-state index contributed by atoms with van der Waals surface area (Å²) in [5, 5.41) is 8.79. The Morgan fingerprint density at radius 3 is 2.40 bits per heavy atom. The minimum Gasteiger partial charge on any atom is -0.496 e. The van der Waals surface area contributed by atoms with Crippen molar-refractivity contribution in [2.24, 2.45) is 0 Å². The number of methoxy groups -OCH3 is 1. The standard InChI is InChI=1S/C29H27NO5/c1-34-27-14-5-4-13-26(27)25-12-3-2-11-24(25)22-15-16-28(31)30(19-22)17-7-9-21-8-6-10-23(18-21)35-20-29(32)33/h2-6,8,10-16,18-19H,7,9,17,20H2,1H3,(H,32,33). The Bertz CT molecular complexity index is 1380. The lowest BCUT2D eigenvalue weighted by molar-refractivity contribution is -0.139. The lowest BCUT2D eigenvalue weighted by Gasteiger charge is -2.14. The van der Waals surface area contributed by atoms with Gasteiger partial charge in [-0.1, -0.05) is 54.6 Å². The second-order valence-corrected chi connectivity index (χ2v) is 8.13. The number of nitrogens with zero attached hydrogens (tertiary/aromatic N) is 1. The minimum atomic E-state index is -1.01. The van der Waals surface area contributed by atoms with Gasteiger partial charge >= 0.3 is 5.97 Å². The third-order valence-electron chi connectivity index (χ3n) is 5.74. The molecular weight excluding hydrogens is 442 g/mol. The summed E-state index contributed by atoms with van der Waals surface area (Å²) < 4.78 is 12.6. The van der Waals surface area contributed by atoms with Crippen LogP contribution < -0.4 is 15.0 Å². The Labute approximate surface area is 204 Å². The number of hydrogen-bond donors (Lipinski definition) is 1. The molecule has 0 saturated heterocycles. The molecule has 178 valence electrons. The van der Waals surface area contributed by atoms with E-state index in [1.54, 1.807) is 23.8 Å². The first-order chi connectivity index (χ1) is 17.0. The molecule has 1 N–H and O–H groups in total. The number of carboxylic acid groups (broad SMARTS) is 1. The van der Waals surface area contributed by atoms with Crippen LogP contribution in [0.4, 0.5) is 0 Å². The van der Waals surface area contributed by atoms with Gasteiger partial charge in [-0.25, -0.2) is 4.79 Å². The lowest BCUT2D eigenvalue weighted by Crippen LogP contribution is -2.19. The van der Waals surface area contributed by atoms with E-state index in [0.29, 0.717) is 12.3 Å². The van der Waals surface area contributed by atoms with E-state index in [9.17, 15) is 9.59 Å².